The van der Waals surface area contributed by atoms with Crippen molar-refractivity contribution in [3.63, 3.8) is 0 Å². The second-order valence-corrected chi connectivity index (χ2v) is 5.48. The highest BCUT2D eigenvalue weighted by Crippen LogP contribution is 2.25. The zero-order chi connectivity index (χ0) is 15.5. The Morgan fingerprint density at radius 1 is 1.14 bits per heavy atom. The molecule has 0 atom stereocenters. The number of nitrogens with zero attached hydrogens (tertiary/aromatic N) is 2. The number of carbonyl (C=O) groups is 1. The summed E-state index contributed by atoms with van der Waals surface area (Å²) in [5, 5.41) is 6.84. The second-order valence-electron chi connectivity index (χ2n) is 4.73. The number of aromatic nitrogens is 2. The lowest BCUT2D eigenvalue weighted by Gasteiger charge is -2.07. The molecular formula is C16H12FN3OS. The van der Waals surface area contributed by atoms with Crippen LogP contribution < -0.4 is 5.32 Å². The average molecular weight is 313 g/mol. The molecule has 0 saturated carbocycles. The topological polar surface area (TPSA) is 54.9 Å². The number of amides is 1. The third kappa shape index (κ3) is 2.87. The first kappa shape index (κ1) is 14.3. The Hall–Kier alpha value is -2.60. The number of carbonyl (C=O) groups excluding carboxylic acids is 1. The van der Waals surface area contributed by atoms with Crippen LogP contribution >= 0.6 is 11.5 Å². The number of halogens is 1. The third-order valence-electron chi connectivity index (χ3n) is 3.21. The number of para-hydroxylation sites is 1. The van der Waals surface area contributed by atoms with E-state index in [-0.39, 0.29) is 11.7 Å². The predicted octanol–water partition coefficient (Wildman–Crippen LogP) is 3.90. The normalized spacial score (nSPS) is 10.5. The van der Waals surface area contributed by atoms with Gasteiger partial charge in [-0.1, -0.05) is 22.7 Å². The standard InChI is InChI=1S/C16H12FN3OS/c1-10-4-2-3-5-13(10)18-16(21)15-14(19-20-22-15)11-6-8-12(17)9-7-11/h2-9H,1H3,(H,18,21). The second kappa shape index (κ2) is 6.03. The summed E-state index contributed by atoms with van der Waals surface area (Å²) >= 11 is 1.01. The van der Waals surface area contributed by atoms with E-state index in [1.807, 2.05) is 31.2 Å². The van der Waals surface area contributed by atoms with Crippen molar-refractivity contribution in [1.82, 2.24) is 9.59 Å². The summed E-state index contributed by atoms with van der Waals surface area (Å²) in [6.45, 7) is 1.92. The van der Waals surface area contributed by atoms with Crippen LogP contribution in [0.15, 0.2) is 48.5 Å². The Bertz CT molecular complexity index is 814. The van der Waals surface area contributed by atoms with Crippen molar-refractivity contribution in [3.05, 3.63) is 64.8 Å². The molecule has 0 spiro atoms. The van der Waals surface area contributed by atoms with Gasteiger partial charge >= 0.3 is 0 Å². The Morgan fingerprint density at radius 2 is 1.86 bits per heavy atom. The SMILES string of the molecule is Cc1ccccc1NC(=O)c1snnc1-c1ccc(F)cc1. The fourth-order valence-electron chi connectivity index (χ4n) is 2.03. The molecule has 1 heterocycles. The Balaban J connectivity index is 1.90. The van der Waals surface area contributed by atoms with Gasteiger partial charge < -0.3 is 5.32 Å². The van der Waals surface area contributed by atoms with Gasteiger partial charge in [-0.15, -0.1) is 5.10 Å². The number of rotatable bonds is 3. The maximum absolute atomic E-state index is 13.0. The van der Waals surface area contributed by atoms with Gasteiger partial charge in [-0.25, -0.2) is 4.39 Å². The Morgan fingerprint density at radius 3 is 2.59 bits per heavy atom. The lowest BCUT2D eigenvalue weighted by Crippen LogP contribution is -2.12. The maximum atomic E-state index is 13.0. The van der Waals surface area contributed by atoms with E-state index >= 15 is 0 Å². The molecule has 0 aliphatic carbocycles. The van der Waals surface area contributed by atoms with Gasteiger partial charge in [-0.3, -0.25) is 4.79 Å². The summed E-state index contributed by atoms with van der Waals surface area (Å²) in [4.78, 5) is 12.8. The number of hydrogen-bond donors (Lipinski definition) is 1. The van der Waals surface area contributed by atoms with Gasteiger partial charge in [0.15, 0.2) is 0 Å². The van der Waals surface area contributed by atoms with E-state index in [1.54, 1.807) is 12.1 Å². The van der Waals surface area contributed by atoms with Crippen molar-refractivity contribution in [2.75, 3.05) is 5.32 Å². The average Bonchev–Trinajstić information content (AvgIpc) is 3.00. The molecule has 0 aliphatic rings. The number of hydrogen-bond acceptors (Lipinski definition) is 4. The van der Waals surface area contributed by atoms with Crippen LogP contribution in [0.3, 0.4) is 0 Å². The lowest BCUT2D eigenvalue weighted by molar-refractivity contribution is 0.103. The first-order valence-electron chi connectivity index (χ1n) is 6.60. The summed E-state index contributed by atoms with van der Waals surface area (Å²) in [7, 11) is 0. The van der Waals surface area contributed by atoms with Crippen LogP contribution in [0.4, 0.5) is 10.1 Å². The minimum atomic E-state index is -0.335. The molecule has 22 heavy (non-hydrogen) atoms. The number of nitrogens with one attached hydrogen (secondary N) is 1. The molecule has 1 aromatic heterocycles. The molecule has 110 valence electrons. The van der Waals surface area contributed by atoms with Gasteiger partial charge in [0.1, 0.15) is 16.4 Å². The minimum absolute atomic E-state index is 0.274. The summed E-state index contributed by atoms with van der Waals surface area (Å²) in [6, 6.07) is 13.3. The first-order valence-corrected chi connectivity index (χ1v) is 7.38. The van der Waals surface area contributed by atoms with Crippen LogP contribution in [0.5, 0.6) is 0 Å². The van der Waals surface area contributed by atoms with Gasteiger partial charge in [-0.05, 0) is 54.4 Å². The molecule has 0 saturated heterocycles. The van der Waals surface area contributed by atoms with E-state index in [9.17, 15) is 9.18 Å². The minimum Gasteiger partial charge on any atom is -0.321 e. The summed E-state index contributed by atoms with van der Waals surface area (Å²) in [6.07, 6.45) is 0. The van der Waals surface area contributed by atoms with Crippen LogP contribution in [0.25, 0.3) is 11.3 Å². The van der Waals surface area contributed by atoms with Gasteiger partial charge in [0, 0.05) is 11.3 Å². The highest BCUT2D eigenvalue weighted by Gasteiger charge is 2.18. The fraction of sp³-hybridized carbons (Fsp3) is 0.0625. The van der Waals surface area contributed by atoms with E-state index in [2.05, 4.69) is 14.9 Å². The smallest absolute Gasteiger partial charge is 0.269 e. The van der Waals surface area contributed by atoms with Gasteiger partial charge in [0.2, 0.25) is 0 Å². The van der Waals surface area contributed by atoms with Gasteiger partial charge in [0.05, 0.1) is 0 Å². The largest absolute Gasteiger partial charge is 0.321 e. The summed E-state index contributed by atoms with van der Waals surface area (Å²) < 4.78 is 16.8. The van der Waals surface area contributed by atoms with Crippen LogP contribution in [-0.4, -0.2) is 15.5 Å². The monoisotopic (exact) mass is 313 g/mol. The number of anilines is 1. The third-order valence-corrected chi connectivity index (χ3v) is 3.93. The first-order chi connectivity index (χ1) is 10.6. The van der Waals surface area contributed by atoms with Crippen molar-refractivity contribution in [2.24, 2.45) is 0 Å². The maximum Gasteiger partial charge on any atom is 0.269 e. The van der Waals surface area contributed by atoms with E-state index in [4.69, 9.17) is 0 Å². The van der Waals surface area contributed by atoms with Gasteiger partial charge in [0.25, 0.3) is 5.91 Å². The zero-order valence-corrected chi connectivity index (χ0v) is 12.5. The van der Waals surface area contributed by atoms with Crippen LogP contribution in [0.1, 0.15) is 15.2 Å². The van der Waals surface area contributed by atoms with E-state index < -0.39 is 0 Å². The molecule has 1 amide bonds. The molecule has 3 aromatic rings. The molecule has 1 N–H and O–H groups in total. The molecule has 0 radical (unpaired) electrons. The molecule has 4 nitrogen and oxygen atoms in total. The lowest BCUT2D eigenvalue weighted by atomic mass is 10.1. The quantitative estimate of drug-likeness (QED) is 0.797. The highest BCUT2D eigenvalue weighted by atomic mass is 32.1. The van der Waals surface area contributed by atoms with Crippen molar-refractivity contribution in [1.29, 1.82) is 0 Å². The summed E-state index contributed by atoms with van der Waals surface area (Å²) in [5.74, 6) is -0.610. The van der Waals surface area contributed by atoms with E-state index in [0.29, 0.717) is 16.1 Å². The Labute approximate surface area is 130 Å². The molecule has 0 fully saturated rings. The Kier molecular flexibility index (Phi) is 3.93. The molecule has 2 aromatic carbocycles. The molecule has 0 aliphatic heterocycles. The predicted molar refractivity (Wildman–Crippen MR) is 84.4 cm³/mol. The van der Waals surface area contributed by atoms with Crippen molar-refractivity contribution in [2.45, 2.75) is 6.92 Å². The summed E-state index contributed by atoms with van der Waals surface area (Å²) in [5.41, 5.74) is 2.82. The van der Waals surface area contributed by atoms with Crippen molar-refractivity contribution >= 4 is 23.1 Å². The van der Waals surface area contributed by atoms with Crippen LogP contribution in [0, 0.1) is 12.7 Å². The fourth-order valence-corrected chi connectivity index (χ4v) is 2.61. The van der Waals surface area contributed by atoms with Crippen LogP contribution in [-0.2, 0) is 0 Å². The van der Waals surface area contributed by atoms with E-state index in [0.717, 1.165) is 22.8 Å². The number of aryl methyl sites for hydroxylation is 1. The zero-order valence-electron chi connectivity index (χ0n) is 11.7. The number of benzene rings is 2. The molecule has 3 rings (SSSR count). The molecule has 6 heteroatoms. The van der Waals surface area contributed by atoms with Crippen molar-refractivity contribution < 1.29 is 9.18 Å². The van der Waals surface area contributed by atoms with E-state index in [1.165, 1.54) is 12.1 Å². The molecular weight excluding hydrogens is 301 g/mol. The highest BCUT2D eigenvalue weighted by molar-refractivity contribution is 7.08. The molecule has 0 bridgehead atoms. The van der Waals surface area contributed by atoms with Crippen molar-refractivity contribution in [3.8, 4) is 11.3 Å². The van der Waals surface area contributed by atoms with Gasteiger partial charge in [-0.2, -0.15) is 0 Å². The molecule has 0 unspecified atom stereocenters. The van der Waals surface area contributed by atoms with Crippen LogP contribution in [0.2, 0.25) is 0 Å².